The van der Waals surface area contributed by atoms with Gasteiger partial charge in [-0.05, 0) is 29.8 Å². The van der Waals surface area contributed by atoms with Crippen molar-refractivity contribution in [1.29, 1.82) is 0 Å². The number of carbonyl (C=O) groups is 1. The quantitative estimate of drug-likeness (QED) is 0.794. The molecule has 0 atom stereocenters. The second kappa shape index (κ2) is 6.93. The van der Waals surface area contributed by atoms with Crippen molar-refractivity contribution in [3.63, 3.8) is 0 Å². The number of benzene rings is 1. The van der Waals surface area contributed by atoms with Gasteiger partial charge in [0.05, 0.1) is 12.7 Å². The summed E-state index contributed by atoms with van der Waals surface area (Å²) in [6.45, 7) is 0.748. The van der Waals surface area contributed by atoms with Gasteiger partial charge in [-0.15, -0.1) is 0 Å². The Morgan fingerprint density at radius 2 is 1.77 bits per heavy atom. The molecule has 0 N–H and O–H groups in total. The molecule has 1 aromatic carbocycles. The highest BCUT2D eigenvalue weighted by Gasteiger charge is 2.08. The number of nitrogens with zero attached hydrogens (tertiary/aromatic N) is 3. The van der Waals surface area contributed by atoms with E-state index in [4.69, 9.17) is 0 Å². The normalized spacial score (nSPS) is 10.2. The Bertz CT molecular complexity index is 621. The first-order chi connectivity index (χ1) is 10.5. The molecule has 0 aliphatic heterocycles. The van der Waals surface area contributed by atoms with E-state index in [0.29, 0.717) is 5.56 Å². The Balaban J connectivity index is 2.05. The number of ether oxygens (including phenoxy) is 1. The van der Waals surface area contributed by atoms with Crippen molar-refractivity contribution < 1.29 is 9.53 Å². The number of hydrogen-bond acceptors (Lipinski definition) is 5. The first kappa shape index (κ1) is 15.8. The third kappa shape index (κ3) is 3.75. The number of aromatic nitrogens is 1. The van der Waals surface area contributed by atoms with Crippen LogP contribution in [0.25, 0.3) is 0 Å². The average Bonchev–Trinajstić information content (AvgIpc) is 2.54. The van der Waals surface area contributed by atoms with Crippen LogP contribution in [0.15, 0.2) is 42.6 Å². The second-order valence-corrected chi connectivity index (χ2v) is 5.31. The summed E-state index contributed by atoms with van der Waals surface area (Å²) in [6, 6.07) is 11.9. The summed E-state index contributed by atoms with van der Waals surface area (Å²) in [5.41, 5.74) is 2.83. The number of carbonyl (C=O) groups excluding carboxylic acids is 1. The van der Waals surface area contributed by atoms with Gasteiger partial charge in [0.25, 0.3) is 0 Å². The van der Waals surface area contributed by atoms with Crippen LogP contribution in [0.1, 0.15) is 15.9 Å². The zero-order valence-electron chi connectivity index (χ0n) is 13.4. The van der Waals surface area contributed by atoms with Crippen molar-refractivity contribution in [2.75, 3.05) is 38.1 Å². The Morgan fingerprint density at radius 3 is 2.27 bits per heavy atom. The lowest BCUT2D eigenvalue weighted by Gasteiger charge is -2.19. The molecule has 0 radical (unpaired) electrons. The third-order valence-electron chi connectivity index (χ3n) is 3.43. The van der Waals surface area contributed by atoms with Crippen molar-refractivity contribution in [2.45, 2.75) is 6.54 Å². The number of pyridine rings is 1. The van der Waals surface area contributed by atoms with E-state index >= 15 is 0 Å². The Kier molecular flexibility index (Phi) is 4.99. The minimum absolute atomic E-state index is 0.374. The summed E-state index contributed by atoms with van der Waals surface area (Å²) in [5, 5.41) is 0. The monoisotopic (exact) mass is 299 g/mol. The Hall–Kier alpha value is -2.56. The van der Waals surface area contributed by atoms with Crippen LogP contribution in [0.5, 0.6) is 0 Å². The molecule has 0 bridgehead atoms. The average molecular weight is 299 g/mol. The molecule has 5 heteroatoms. The third-order valence-corrected chi connectivity index (χ3v) is 3.43. The van der Waals surface area contributed by atoms with Crippen molar-refractivity contribution in [1.82, 2.24) is 4.98 Å². The summed E-state index contributed by atoms with van der Waals surface area (Å²) in [7, 11) is 7.38. The maximum atomic E-state index is 11.4. The van der Waals surface area contributed by atoms with Crippen LogP contribution in [0.4, 0.5) is 11.5 Å². The molecule has 5 nitrogen and oxygen atoms in total. The van der Waals surface area contributed by atoms with Gasteiger partial charge < -0.3 is 14.5 Å². The Morgan fingerprint density at radius 1 is 1.09 bits per heavy atom. The van der Waals surface area contributed by atoms with Crippen molar-refractivity contribution >= 4 is 17.5 Å². The molecular formula is C17H21N3O2. The summed E-state index contributed by atoms with van der Waals surface area (Å²) in [4.78, 5) is 19.8. The van der Waals surface area contributed by atoms with Crippen LogP contribution in [-0.4, -0.2) is 39.2 Å². The van der Waals surface area contributed by atoms with Gasteiger partial charge in [0.2, 0.25) is 0 Å². The van der Waals surface area contributed by atoms with E-state index in [2.05, 4.69) is 38.9 Å². The van der Waals surface area contributed by atoms with E-state index in [-0.39, 0.29) is 5.97 Å². The van der Waals surface area contributed by atoms with E-state index in [1.165, 1.54) is 24.6 Å². The van der Waals surface area contributed by atoms with Crippen molar-refractivity contribution in [3.8, 4) is 0 Å². The fourth-order valence-corrected chi connectivity index (χ4v) is 2.10. The first-order valence-corrected chi connectivity index (χ1v) is 7.03. The van der Waals surface area contributed by atoms with E-state index in [1.807, 2.05) is 32.1 Å². The largest absolute Gasteiger partial charge is 0.465 e. The molecule has 0 unspecified atom stereocenters. The van der Waals surface area contributed by atoms with Crippen LogP contribution >= 0.6 is 0 Å². The van der Waals surface area contributed by atoms with Gasteiger partial charge in [-0.2, -0.15) is 0 Å². The number of anilines is 2. The maximum Gasteiger partial charge on any atom is 0.339 e. The number of rotatable bonds is 5. The Labute approximate surface area is 131 Å². The fourth-order valence-electron chi connectivity index (χ4n) is 2.10. The zero-order valence-corrected chi connectivity index (χ0v) is 13.4. The molecule has 0 saturated heterocycles. The van der Waals surface area contributed by atoms with Gasteiger partial charge in [0, 0.05) is 39.6 Å². The van der Waals surface area contributed by atoms with E-state index in [1.54, 1.807) is 6.07 Å². The van der Waals surface area contributed by atoms with E-state index < -0.39 is 0 Å². The highest BCUT2D eigenvalue weighted by Crippen LogP contribution is 2.16. The lowest BCUT2D eigenvalue weighted by molar-refractivity contribution is 0.0600. The topological polar surface area (TPSA) is 45.7 Å². The summed E-state index contributed by atoms with van der Waals surface area (Å²) < 4.78 is 4.67. The zero-order chi connectivity index (χ0) is 16.1. The lowest BCUT2D eigenvalue weighted by atomic mass is 10.2. The maximum absolute atomic E-state index is 11.4. The van der Waals surface area contributed by atoms with Crippen LogP contribution < -0.4 is 9.80 Å². The van der Waals surface area contributed by atoms with Gasteiger partial charge in [0.15, 0.2) is 0 Å². The van der Waals surface area contributed by atoms with Crippen molar-refractivity contribution in [2.24, 2.45) is 0 Å². The summed E-state index contributed by atoms with van der Waals surface area (Å²) in [6.07, 6.45) is 1.53. The molecule has 2 rings (SSSR count). The van der Waals surface area contributed by atoms with E-state index in [0.717, 1.165) is 12.4 Å². The van der Waals surface area contributed by atoms with Gasteiger partial charge in [-0.3, -0.25) is 0 Å². The molecule has 0 fully saturated rings. The highest BCUT2D eigenvalue weighted by molar-refractivity contribution is 5.89. The van der Waals surface area contributed by atoms with Crippen LogP contribution in [0.2, 0.25) is 0 Å². The SMILES string of the molecule is COC(=O)c1ccc(N(C)Cc2ccc(N(C)C)cc2)nc1. The summed E-state index contributed by atoms with van der Waals surface area (Å²) in [5.74, 6) is 0.435. The van der Waals surface area contributed by atoms with E-state index in [9.17, 15) is 4.79 Å². The van der Waals surface area contributed by atoms with Crippen LogP contribution in [0.3, 0.4) is 0 Å². The van der Waals surface area contributed by atoms with Crippen molar-refractivity contribution in [3.05, 3.63) is 53.7 Å². The predicted octanol–water partition coefficient (Wildman–Crippen LogP) is 2.57. The molecule has 1 heterocycles. The molecule has 116 valence electrons. The smallest absolute Gasteiger partial charge is 0.339 e. The predicted molar refractivity (Wildman–Crippen MR) is 88.5 cm³/mol. The molecule has 22 heavy (non-hydrogen) atoms. The summed E-state index contributed by atoms with van der Waals surface area (Å²) >= 11 is 0. The van der Waals surface area contributed by atoms with Crippen LogP contribution in [0, 0.1) is 0 Å². The molecule has 0 spiro atoms. The van der Waals surface area contributed by atoms with Gasteiger partial charge in [-0.1, -0.05) is 12.1 Å². The molecule has 0 aliphatic carbocycles. The molecular weight excluding hydrogens is 278 g/mol. The minimum atomic E-state index is -0.374. The highest BCUT2D eigenvalue weighted by atomic mass is 16.5. The molecule has 2 aromatic rings. The molecule has 0 amide bonds. The second-order valence-electron chi connectivity index (χ2n) is 5.31. The number of hydrogen-bond donors (Lipinski definition) is 0. The first-order valence-electron chi connectivity index (χ1n) is 7.03. The standard InChI is InChI=1S/C17H21N3O2/c1-19(2)15-8-5-13(6-9-15)12-20(3)16-10-7-14(11-18-16)17(21)22-4/h5-11H,12H2,1-4H3. The molecule has 0 saturated carbocycles. The number of esters is 1. The minimum Gasteiger partial charge on any atom is -0.465 e. The molecule has 0 aliphatic rings. The lowest BCUT2D eigenvalue weighted by Crippen LogP contribution is -2.18. The fraction of sp³-hybridized carbons (Fsp3) is 0.294. The van der Waals surface area contributed by atoms with Gasteiger partial charge >= 0.3 is 5.97 Å². The van der Waals surface area contributed by atoms with Crippen LogP contribution in [-0.2, 0) is 11.3 Å². The molecule has 1 aromatic heterocycles. The number of methoxy groups -OCH3 is 1. The van der Waals surface area contributed by atoms with Gasteiger partial charge in [-0.25, -0.2) is 9.78 Å². The van der Waals surface area contributed by atoms with Gasteiger partial charge in [0.1, 0.15) is 5.82 Å².